The van der Waals surface area contributed by atoms with E-state index in [0.29, 0.717) is 12.8 Å². The second-order valence-corrected chi connectivity index (χ2v) is 6.85. The minimum Gasteiger partial charge on any atom is -0.496 e. The van der Waals surface area contributed by atoms with E-state index < -0.39 is 10.0 Å². The zero-order valence-electron chi connectivity index (χ0n) is 12.1. The summed E-state index contributed by atoms with van der Waals surface area (Å²) in [6.45, 7) is 3.79. The van der Waals surface area contributed by atoms with E-state index in [2.05, 4.69) is 0 Å². The summed E-state index contributed by atoms with van der Waals surface area (Å²) < 4.78 is 30.8. The van der Waals surface area contributed by atoms with E-state index in [1.54, 1.807) is 14.2 Å². The Hall–Kier alpha value is -1.07. The van der Waals surface area contributed by atoms with Crippen molar-refractivity contribution in [3.63, 3.8) is 0 Å². The molecule has 0 bridgehead atoms. The Kier molecular flexibility index (Phi) is 5.82. The van der Waals surface area contributed by atoms with E-state index >= 15 is 0 Å². The normalized spacial score (nSPS) is 13.5. The van der Waals surface area contributed by atoms with Crippen LogP contribution in [0.3, 0.4) is 0 Å². The summed E-state index contributed by atoms with van der Waals surface area (Å²) >= 11 is 0. The molecule has 0 fully saturated rings. The first-order valence-electron chi connectivity index (χ1n) is 6.50. The van der Waals surface area contributed by atoms with Gasteiger partial charge in [0.2, 0.25) is 10.0 Å². The van der Waals surface area contributed by atoms with E-state index in [9.17, 15) is 8.42 Å². The number of methoxy groups -OCH3 is 1. The van der Waals surface area contributed by atoms with E-state index in [0.717, 1.165) is 11.3 Å². The fourth-order valence-corrected chi connectivity index (χ4v) is 3.42. The summed E-state index contributed by atoms with van der Waals surface area (Å²) in [6.07, 6.45) is 1.28. The molecule has 0 amide bonds. The van der Waals surface area contributed by atoms with Crippen molar-refractivity contribution in [3.8, 4) is 5.75 Å². The van der Waals surface area contributed by atoms with Crippen molar-refractivity contribution < 1.29 is 13.2 Å². The molecule has 1 rings (SSSR count). The van der Waals surface area contributed by atoms with Gasteiger partial charge in [-0.25, -0.2) is 12.7 Å². The van der Waals surface area contributed by atoms with E-state index in [1.807, 2.05) is 38.1 Å². The third-order valence-electron chi connectivity index (χ3n) is 3.23. The molecule has 108 valence electrons. The molecule has 0 heterocycles. The Morgan fingerprint density at radius 3 is 2.53 bits per heavy atom. The van der Waals surface area contributed by atoms with Gasteiger partial charge in [0.1, 0.15) is 5.75 Å². The smallest absolute Gasteiger partial charge is 0.214 e. The molecular weight excluding hydrogens is 262 g/mol. The number of benzene rings is 1. The maximum absolute atomic E-state index is 12.0. The van der Waals surface area contributed by atoms with Crippen LogP contribution in [0.2, 0.25) is 0 Å². The fraction of sp³-hybridized carbons (Fsp3) is 0.571. The lowest BCUT2D eigenvalue weighted by atomic mass is 10.1. The average molecular weight is 285 g/mol. The first-order valence-corrected chi connectivity index (χ1v) is 8.11. The number of ether oxygens (including phenoxy) is 1. The molecule has 1 atom stereocenters. The van der Waals surface area contributed by atoms with E-state index in [4.69, 9.17) is 4.74 Å². The molecule has 0 aliphatic heterocycles. The number of para-hydroxylation sites is 1. The third kappa shape index (κ3) is 4.21. The van der Waals surface area contributed by atoms with Crippen molar-refractivity contribution in [3.05, 3.63) is 29.8 Å². The van der Waals surface area contributed by atoms with Crippen LogP contribution < -0.4 is 4.74 Å². The highest BCUT2D eigenvalue weighted by molar-refractivity contribution is 7.89. The molecule has 0 N–H and O–H groups in total. The highest BCUT2D eigenvalue weighted by Crippen LogP contribution is 2.21. The van der Waals surface area contributed by atoms with Gasteiger partial charge in [-0.2, -0.15) is 0 Å². The van der Waals surface area contributed by atoms with Gasteiger partial charge < -0.3 is 4.74 Å². The van der Waals surface area contributed by atoms with Gasteiger partial charge in [-0.3, -0.25) is 0 Å². The van der Waals surface area contributed by atoms with Crippen LogP contribution in [0.1, 0.15) is 25.8 Å². The van der Waals surface area contributed by atoms with Crippen molar-refractivity contribution in [2.24, 2.45) is 0 Å². The molecule has 0 aliphatic carbocycles. The van der Waals surface area contributed by atoms with Crippen molar-refractivity contribution in [1.82, 2.24) is 4.31 Å². The Bertz CT molecular complexity index is 499. The van der Waals surface area contributed by atoms with Gasteiger partial charge in [-0.15, -0.1) is 0 Å². The second-order valence-electron chi connectivity index (χ2n) is 4.70. The number of sulfonamides is 1. The van der Waals surface area contributed by atoms with Gasteiger partial charge in [0, 0.05) is 13.1 Å². The molecule has 1 unspecified atom stereocenters. The molecule has 0 saturated carbocycles. The van der Waals surface area contributed by atoms with Gasteiger partial charge in [0.15, 0.2) is 0 Å². The predicted molar refractivity (Wildman–Crippen MR) is 78.0 cm³/mol. The van der Waals surface area contributed by atoms with Crippen LogP contribution in [0.5, 0.6) is 5.75 Å². The Morgan fingerprint density at radius 2 is 1.95 bits per heavy atom. The zero-order chi connectivity index (χ0) is 14.5. The lowest BCUT2D eigenvalue weighted by Gasteiger charge is -2.24. The van der Waals surface area contributed by atoms with Crippen LogP contribution >= 0.6 is 0 Å². The van der Waals surface area contributed by atoms with Crippen molar-refractivity contribution in [2.45, 2.75) is 32.7 Å². The van der Waals surface area contributed by atoms with Gasteiger partial charge in [-0.05, 0) is 31.4 Å². The van der Waals surface area contributed by atoms with Crippen molar-refractivity contribution in [2.75, 3.05) is 19.9 Å². The van der Waals surface area contributed by atoms with Gasteiger partial charge in [0.05, 0.1) is 12.9 Å². The molecule has 5 heteroatoms. The molecule has 4 nitrogen and oxygen atoms in total. The van der Waals surface area contributed by atoms with Crippen LogP contribution in [0.15, 0.2) is 24.3 Å². The third-order valence-corrected chi connectivity index (χ3v) is 5.39. The molecule has 0 spiro atoms. The van der Waals surface area contributed by atoms with Crippen LogP contribution in [-0.4, -0.2) is 38.7 Å². The summed E-state index contributed by atoms with van der Waals surface area (Å²) in [6, 6.07) is 7.61. The maximum Gasteiger partial charge on any atom is 0.214 e. The predicted octanol–water partition coefficient (Wildman–Crippen LogP) is 2.30. The summed E-state index contributed by atoms with van der Waals surface area (Å²) in [5.74, 6) is 0.996. The quantitative estimate of drug-likeness (QED) is 0.772. The zero-order valence-corrected chi connectivity index (χ0v) is 12.9. The van der Waals surface area contributed by atoms with Crippen LogP contribution in [-0.2, 0) is 16.4 Å². The topological polar surface area (TPSA) is 46.6 Å². The SMILES string of the molecule is CCCS(=O)(=O)N(C)C(C)Cc1ccccc1OC. The lowest BCUT2D eigenvalue weighted by molar-refractivity contribution is 0.373. The average Bonchev–Trinajstić information content (AvgIpc) is 2.38. The molecule has 0 saturated heterocycles. The summed E-state index contributed by atoms with van der Waals surface area (Å²) in [4.78, 5) is 0. The largest absolute Gasteiger partial charge is 0.496 e. The molecule has 0 aliphatic rings. The van der Waals surface area contributed by atoms with Crippen LogP contribution in [0.25, 0.3) is 0 Å². The van der Waals surface area contributed by atoms with Crippen LogP contribution in [0, 0.1) is 0 Å². The number of hydrogen-bond donors (Lipinski definition) is 0. The number of rotatable bonds is 7. The van der Waals surface area contributed by atoms with Gasteiger partial charge in [0.25, 0.3) is 0 Å². The van der Waals surface area contributed by atoms with E-state index in [1.165, 1.54) is 4.31 Å². The minimum absolute atomic E-state index is 0.0900. The first kappa shape index (κ1) is 16.0. The van der Waals surface area contributed by atoms with Gasteiger partial charge in [-0.1, -0.05) is 25.1 Å². The lowest BCUT2D eigenvalue weighted by Crippen LogP contribution is -2.37. The molecule has 19 heavy (non-hydrogen) atoms. The van der Waals surface area contributed by atoms with E-state index in [-0.39, 0.29) is 11.8 Å². The fourth-order valence-electron chi connectivity index (χ4n) is 1.99. The Labute approximate surface area is 116 Å². The Balaban J connectivity index is 2.82. The number of likely N-dealkylation sites (N-methyl/N-ethyl adjacent to an activating group) is 1. The summed E-state index contributed by atoms with van der Waals surface area (Å²) in [7, 11) is 0.113. The molecule has 0 aromatic heterocycles. The first-order chi connectivity index (χ1) is 8.92. The van der Waals surface area contributed by atoms with Crippen molar-refractivity contribution in [1.29, 1.82) is 0 Å². The number of nitrogens with zero attached hydrogens (tertiary/aromatic N) is 1. The summed E-state index contributed by atoms with van der Waals surface area (Å²) in [5.41, 5.74) is 1.02. The maximum atomic E-state index is 12.0. The molecule has 1 aromatic rings. The standard InChI is InChI=1S/C14H23NO3S/c1-5-10-19(16,17)15(3)12(2)11-13-8-6-7-9-14(13)18-4/h6-9,12H,5,10-11H2,1-4H3. The molecule has 1 aromatic carbocycles. The van der Waals surface area contributed by atoms with Crippen molar-refractivity contribution >= 4 is 10.0 Å². The molecule has 0 radical (unpaired) electrons. The highest BCUT2D eigenvalue weighted by Gasteiger charge is 2.23. The monoisotopic (exact) mass is 285 g/mol. The Morgan fingerprint density at radius 1 is 1.32 bits per heavy atom. The molecular formula is C14H23NO3S. The second kappa shape index (κ2) is 6.91. The summed E-state index contributed by atoms with van der Waals surface area (Å²) in [5, 5.41) is 0. The van der Waals surface area contributed by atoms with Crippen LogP contribution in [0.4, 0.5) is 0 Å². The van der Waals surface area contributed by atoms with Gasteiger partial charge >= 0.3 is 0 Å². The highest BCUT2D eigenvalue weighted by atomic mass is 32.2. The number of hydrogen-bond acceptors (Lipinski definition) is 3. The minimum atomic E-state index is -3.16.